The number of nitrogens with one attached hydrogen (secondary N) is 9. The lowest BCUT2D eigenvalue weighted by molar-refractivity contribution is 0.0294. The Balaban J connectivity index is 0.000000213. The van der Waals surface area contributed by atoms with E-state index in [-0.39, 0.29) is 48.3 Å². The van der Waals surface area contributed by atoms with Crippen LogP contribution in [0.1, 0.15) is 261 Å². The third-order valence-electron chi connectivity index (χ3n) is 35.7. The van der Waals surface area contributed by atoms with Crippen molar-refractivity contribution in [2.75, 3.05) is 349 Å². The minimum atomic E-state index is 0.0616. The van der Waals surface area contributed by atoms with Gasteiger partial charge in [0.25, 0.3) is 0 Å². The first kappa shape index (κ1) is 130. The zero-order valence-corrected chi connectivity index (χ0v) is 100. The molecule has 9 N–H and O–H groups in total. The van der Waals surface area contributed by atoms with Crippen molar-refractivity contribution >= 4 is 42.2 Å². The average Bonchev–Trinajstić information content (AvgIpc) is 0.868. The number of rotatable bonds is 20. The van der Waals surface area contributed by atoms with Gasteiger partial charge in [-0.3, -0.25) is 24.5 Å². The van der Waals surface area contributed by atoms with Gasteiger partial charge in [0.2, 0.25) is 0 Å². The number of urea groups is 7. The van der Waals surface area contributed by atoms with Gasteiger partial charge in [0.05, 0.1) is 39.1 Å². The van der Waals surface area contributed by atoms with Crippen molar-refractivity contribution in [3.8, 4) is 0 Å². The Hall–Kier alpha value is -5.63. The van der Waals surface area contributed by atoms with Gasteiger partial charge in [0.1, 0.15) is 0 Å². The van der Waals surface area contributed by atoms with Crippen LogP contribution in [-0.2, 0) is 14.2 Å². The minimum Gasteiger partial charge on any atom is -0.379 e. The van der Waals surface area contributed by atoms with Gasteiger partial charge in [-0.2, -0.15) is 0 Å². The number of amides is 14. The van der Waals surface area contributed by atoms with Crippen LogP contribution in [0.15, 0.2) is 0 Å². The highest BCUT2D eigenvalue weighted by atomic mass is 16.5. The van der Waals surface area contributed by atoms with E-state index in [1.807, 2.05) is 34.3 Å². The van der Waals surface area contributed by atoms with E-state index in [2.05, 4.69) is 261 Å². The fourth-order valence-corrected chi connectivity index (χ4v) is 23.8. The van der Waals surface area contributed by atoms with Crippen molar-refractivity contribution in [2.24, 2.45) is 85.2 Å². The lowest BCUT2D eigenvalue weighted by atomic mass is 9.75. The van der Waals surface area contributed by atoms with Gasteiger partial charge < -0.3 is 111 Å². The van der Waals surface area contributed by atoms with Crippen molar-refractivity contribution in [1.82, 2.24) is 121 Å². The average molecular weight is 2120 g/mol. The van der Waals surface area contributed by atoms with E-state index in [1.165, 1.54) is 25.9 Å². The second-order valence-electron chi connectivity index (χ2n) is 54.1. The lowest BCUT2D eigenvalue weighted by Gasteiger charge is -2.40. The predicted molar refractivity (Wildman–Crippen MR) is 614 cm³/mol. The fourth-order valence-electron chi connectivity index (χ4n) is 23.8. The number of likely N-dealkylation sites (tertiary alicyclic amines) is 8. The van der Waals surface area contributed by atoms with E-state index in [1.54, 1.807) is 0 Å². The molecule has 0 aromatic carbocycles. The third kappa shape index (κ3) is 49.2. The summed E-state index contributed by atoms with van der Waals surface area (Å²) < 4.78 is 16.2. The van der Waals surface area contributed by atoms with Crippen molar-refractivity contribution < 1.29 is 47.8 Å². The van der Waals surface area contributed by atoms with Crippen molar-refractivity contribution in [3.63, 3.8) is 0 Å². The van der Waals surface area contributed by atoms with Gasteiger partial charge in [0.15, 0.2) is 0 Å². The zero-order valence-electron chi connectivity index (χ0n) is 100. The van der Waals surface area contributed by atoms with Gasteiger partial charge in [-0.25, -0.2) is 33.6 Å². The van der Waals surface area contributed by atoms with Gasteiger partial charge in [0, 0.05) is 274 Å². The van der Waals surface area contributed by atoms with Crippen LogP contribution in [0.2, 0.25) is 0 Å². The predicted octanol–water partition coefficient (Wildman–Crippen LogP) is 13.4. The maximum absolute atomic E-state index is 12.4. The molecule has 0 spiro atoms. The van der Waals surface area contributed by atoms with Gasteiger partial charge in [-0.1, -0.05) is 145 Å². The molecule has 14 saturated heterocycles. The second-order valence-corrected chi connectivity index (χ2v) is 54.1. The number of ether oxygens (including phenoxy) is 3. The number of carbonyl (C=O) groups is 7. The van der Waals surface area contributed by atoms with Gasteiger partial charge in [-0.15, -0.1) is 0 Å². The van der Waals surface area contributed by atoms with Crippen LogP contribution >= 0.6 is 0 Å². The first-order valence-electron chi connectivity index (χ1n) is 59.9. The Morgan fingerprint density at radius 2 is 0.533 bits per heavy atom. The Morgan fingerprint density at radius 3 is 0.847 bits per heavy atom. The van der Waals surface area contributed by atoms with Crippen LogP contribution in [0.3, 0.4) is 0 Å². The molecule has 0 radical (unpaired) electrons. The number of morpholine rings is 3. The van der Waals surface area contributed by atoms with Crippen LogP contribution in [0, 0.1) is 85.2 Å². The minimum absolute atomic E-state index is 0.0616. The molecular formula is C116H228N24O10. The number of hydrogen-bond acceptors (Lipinski definition) is 20. The topological polar surface area (TPSA) is 304 Å². The highest BCUT2D eigenvalue weighted by Crippen LogP contribution is 2.41. The quantitative estimate of drug-likeness (QED) is 0.0512. The smallest absolute Gasteiger partial charge is 0.317 e. The van der Waals surface area contributed by atoms with E-state index in [0.717, 1.165) is 451 Å². The number of piperidine rings is 8. The van der Waals surface area contributed by atoms with Crippen LogP contribution in [-0.4, -0.2) is 477 Å². The number of piperazine rings is 3. The summed E-state index contributed by atoms with van der Waals surface area (Å²) in [7, 11) is 8.66. The van der Waals surface area contributed by atoms with Crippen LogP contribution in [0.25, 0.3) is 0 Å². The molecular weight excluding hydrogens is 1890 g/mol. The summed E-state index contributed by atoms with van der Waals surface area (Å²) in [5, 5.41) is 28.2. The van der Waals surface area contributed by atoms with Crippen LogP contribution in [0.4, 0.5) is 33.6 Å². The Morgan fingerprint density at radius 1 is 0.260 bits per heavy atom. The molecule has 14 aliphatic rings. The third-order valence-corrected chi connectivity index (χ3v) is 35.7. The number of carbonyl (C=O) groups excluding carboxylic acids is 7. The molecule has 0 aliphatic carbocycles. The molecule has 2 unspecified atom stereocenters. The van der Waals surface area contributed by atoms with E-state index in [0.29, 0.717) is 50.5 Å². The summed E-state index contributed by atoms with van der Waals surface area (Å²) >= 11 is 0. The molecule has 34 nitrogen and oxygen atoms in total. The molecule has 0 aromatic rings. The van der Waals surface area contributed by atoms with Gasteiger partial charge in [-0.05, 0) is 249 Å². The molecule has 14 fully saturated rings. The summed E-state index contributed by atoms with van der Waals surface area (Å²) in [6.45, 7) is 94.3. The summed E-state index contributed by atoms with van der Waals surface area (Å²) in [4.78, 5) is 118. The van der Waals surface area contributed by atoms with E-state index in [4.69, 9.17) is 14.2 Å². The van der Waals surface area contributed by atoms with Crippen LogP contribution in [0.5, 0.6) is 0 Å². The highest BCUT2D eigenvalue weighted by Gasteiger charge is 2.40. The van der Waals surface area contributed by atoms with E-state index in [9.17, 15) is 33.6 Å². The number of likely N-dealkylation sites (N-methyl/N-ethyl adjacent to an activating group) is 3. The fraction of sp³-hybridized carbons (Fsp3) is 0.940. The summed E-state index contributed by atoms with van der Waals surface area (Å²) in [5.41, 5.74) is 2.54. The maximum atomic E-state index is 12.4. The molecule has 14 aliphatic heterocycles. The summed E-state index contributed by atoms with van der Waals surface area (Å²) in [6, 6.07) is 1.24. The van der Waals surface area contributed by atoms with Crippen molar-refractivity contribution in [1.29, 1.82) is 0 Å². The monoisotopic (exact) mass is 2120 g/mol. The molecule has 0 bridgehead atoms. The standard InChI is InChI=1S/C18H35N3O.2C17H34N4O.C17H33N3O2.C16H32N4O.C16H31N3O2.C15H29N3O2/c1-18(2,3)16-8-13-21(14-9-16)17(22)19-10-5-15-6-11-20(4)12-7-15;1-17(2,3)14-6-8-21(9-7-14)16(22)18-12-15-13-19(4)10-11-20(15)5;1-17(2,3)15-5-8-21(9-6-15)16(22)18-7-10-20-13-11-19(4)12-14-20;1-17(2,3)15-5-9-20(10-6-15)16(21)18-7-4-8-19-11-13-22-14-12-19;1-16(2,3)14-4-9-20(10-5-14)15(21)18-8-13-19-11-6-17-7-12-19;1-16(2,3)14-4-7-19(8-5-14)15(20)17-6-9-18-10-12-21-13-11-18;1-15(2,3)12-4-7-18(8-5-12)14(19)17-11-13-10-16-6-9-20-13/h15-16H,5-14H2,1-4H3,(H,19,22);14-15H,6-13H2,1-5H3,(H,18,22);15H,5-14H2,1-4H3,(H,18,22);15H,4-14H2,1-3H3,(H,18,21);14,17H,4-13H2,1-3H3,(H,18,21);14H,4-13H2,1-3H3,(H,17,20);12-13,16H,4-11H2,1-3H3,(H,17,19). The lowest BCUT2D eigenvalue weighted by Crippen LogP contribution is -2.56. The Kier molecular flexibility index (Phi) is 56.2. The molecule has 14 amide bonds. The first-order chi connectivity index (χ1) is 70.8. The molecule has 34 heteroatoms. The zero-order chi connectivity index (χ0) is 110. The van der Waals surface area contributed by atoms with E-state index < -0.39 is 0 Å². The molecule has 872 valence electrons. The summed E-state index contributed by atoms with van der Waals surface area (Å²) in [6.07, 6.45) is 20.6. The molecule has 14 heterocycles. The summed E-state index contributed by atoms with van der Waals surface area (Å²) in [5.74, 6) is 5.93. The first-order valence-corrected chi connectivity index (χ1v) is 59.9. The van der Waals surface area contributed by atoms with Crippen molar-refractivity contribution in [3.05, 3.63) is 0 Å². The Bertz CT molecular complexity index is 3570. The number of hydrogen-bond donors (Lipinski definition) is 9. The highest BCUT2D eigenvalue weighted by molar-refractivity contribution is 5.77. The molecule has 2 atom stereocenters. The maximum Gasteiger partial charge on any atom is 0.317 e. The molecule has 150 heavy (non-hydrogen) atoms. The van der Waals surface area contributed by atoms with Crippen LogP contribution < -0.4 is 47.9 Å². The van der Waals surface area contributed by atoms with E-state index >= 15 is 0 Å². The second kappa shape index (κ2) is 65.0. The Labute approximate surface area is 913 Å². The normalized spacial score (nSPS) is 23.4. The largest absolute Gasteiger partial charge is 0.379 e. The molecule has 0 aromatic heterocycles. The molecule has 0 saturated carbocycles. The molecule has 14 rings (SSSR count). The van der Waals surface area contributed by atoms with Crippen molar-refractivity contribution in [2.45, 2.75) is 273 Å². The van der Waals surface area contributed by atoms with Gasteiger partial charge >= 0.3 is 42.2 Å². The SMILES string of the molecule is CC(C)(C)C1CCN(C(=O)NCC2CNCCO2)CC1.CC(C)(C)C1CCN(C(=O)NCCCN2CCOCC2)CC1.CC(C)(C)C1CCN(C(=O)NCCN2CCNCC2)CC1.CC(C)(C)C1CCN(C(=O)NCCN2CCOCC2)CC1.CN1CCC(CCNC(=O)N2CCC(C(C)(C)C)CC2)CC1.CN1CCN(C)C(CNC(=O)N2CCC(C(C)(C)C)CC2)C1.CN1CCN(CCNC(=O)N2CCC(C(C)(C)C)CC2)CC1. The number of nitrogens with zero attached hydrogens (tertiary/aromatic N) is 15.